The third-order valence-electron chi connectivity index (χ3n) is 2.80. The highest BCUT2D eigenvalue weighted by Crippen LogP contribution is 2.08. The van der Waals surface area contributed by atoms with E-state index in [1.54, 1.807) is 24.1 Å². The van der Waals surface area contributed by atoms with Gasteiger partial charge in [0.15, 0.2) is 0 Å². The number of carbonyl (C=O) groups is 2. The summed E-state index contributed by atoms with van der Waals surface area (Å²) in [6, 6.07) is 6.11. The number of rotatable bonds is 6. The first-order valence-corrected chi connectivity index (χ1v) is 6.15. The average molecular weight is 264 g/mol. The van der Waals surface area contributed by atoms with Crippen LogP contribution in [0, 0.1) is 0 Å². The van der Waals surface area contributed by atoms with Crippen molar-refractivity contribution in [3.05, 3.63) is 35.4 Å². The molecule has 5 nitrogen and oxygen atoms in total. The first-order valence-electron chi connectivity index (χ1n) is 6.15. The minimum atomic E-state index is -1.02. The standard InChI is InChI=1S/C14H20N2O3/c1-15(2)8-5-9-16(3)13(17)11-6-4-7-12(10-11)14(18)19/h4,6-7,10H,5,8-9H2,1-3H3,(H,18,19). The molecule has 0 heterocycles. The second-order valence-corrected chi connectivity index (χ2v) is 4.77. The van der Waals surface area contributed by atoms with Crippen LogP contribution in [0.2, 0.25) is 0 Å². The number of carboxylic acid groups (broad SMARTS) is 1. The van der Waals surface area contributed by atoms with E-state index < -0.39 is 5.97 Å². The number of hydrogen-bond donors (Lipinski definition) is 1. The topological polar surface area (TPSA) is 60.9 Å². The van der Waals surface area contributed by atoms with Crippen LogP contribution in [-0.4, -0.2) is 61.0 Å². The largest absolute Gasteiger partial charge is 0.478 e. The lowest BCUT2D eigenvalue weighted by atomic mass is 10.1. The van der Waals surface area contributed by atoms with Gasteiger partial charge in [-0.05, 0) is 45.3 Å². The molecule has 0 aliphatic heterocycles. The number of hydrogen-bond acceptors (Lipinski definition) is 3. The summed E-state index contributed by atoms with van der Waals surface area (Å²) in [5.41, 5.74) is 0.541. The molecule has 0 aromatic heterocycles. The normalized spacial score (nSPS) is 10.5. The Kier molecular flexibility index (Phi) is 5.51. The van der Waals surface area contributed by atoms with Gasteiger partial charge < -0.3 is 14.9 Å². The van der Waals surface area contributed by atoms with E-state index in [4.69, 9.17) is 5.11 Å². The van der Waals surface area contributed by atoms with Gasteiger partial charge in [-0.25, -0.2) is 4.79 Å². The summed E-state index contributed by atoms with van der Waals surface area (Å²) < 4.78 is 0. The van der Waals surface area contributed by atoms with E-state index in [9.17, 15) is 9.59 Å². The molecule has 0 bridgehead atoms. The first kappa shape index (κ1) is 15.2. The van der Waals surface area contributed by atoms with Crippen molar-refractivity contribution >= 4 is 11.9 Å². The van der Waals surface area contributed by atoms with E-state index in [2.05, 4.69) is 4.90 Å². The molecular formula is C14H20N2O3. The van der Waals surface area contributed by atoms with E-state index in [-0.39, 0.29) is 11.5 Å². The van der Waals surface area contributed by atoms with Crippen molar-refractivity contribution in [2.24, 2.45) is 0 Å². The van der Waals surface area contributed by atoms with Gasteiger partial charge in [0.2, 0.25) is 0 Å². The molecule has 0 saturated carbocycles. The summed E-state index contributed by atoms with van der Waals surface area (Å²) in [5, 5.41) is 8.90. The maximum absolute atomic E-state index is 12.1. The highest BCUT2D eigenvalue weighted by atomic mass is 16.4. The molecule has 104 valence electrons. The molecule has 0 saturated heterocycles. The van der Waals surface area contributed by atoms with Gasteiger partial charge in [-0.3, -0.25) is 4.79 Å². The van der Waals surface area contributed by atoms with Crippen LogP contribution in [0.15, 0.2) is 24.3 Å². The predicted molar refractivity (Wildman–Crippen MR) is 73.5 cm³/mol. The molecule has 1 N–H and O–H groups in total. The van der Waals surface area contributed by atoms with Gasteiger partial charge in [0, 0.05) is 19.2 Å². The van der Waals surface area contributed by atoms with Crippen molar-refractivity contribution in [1.29, 1.82) is 0 Å². The number of carboxylic acids is 1. The fraction of sp³-hybridized carbons (Fsp3) is 0.429. The zero-order chi connectivity index (χ0) is 14.4. The maximum atomic E-state index is 12.1. The van der Waals surface area contributed by atoms with Gasteiger partial charge >= 0.3 is 5.97 Å². The van der Waals surface area contributed by atoms with Crippen molar-refractivity contribution in [3.63, 3.8) is 0 Å². The molecule has 0 aliphatic carbocycles. The van der Waals surface area contributed by atoms with Crippen LogP contribution in [0.4, 0.5) is 0 Å². The first-order chi connectivity index (χ1) is 8.91. The second-order valence-electron chi connectivity index (χ2n) is 4.77. The Labute approximate surface area is 113 Å². The van der Waals surface area contributed by atoms with E-state index in [0.29, 0.717) is 12.1 Å². The smallest absolute Gasteiger partial charge is 0.335 e. The minimum Gasteiger partial charge on any atom is -0.478 e. The number of amides is 1. The molecule has 0 atom stereocenters. The van der Waals surface area contributed by atoms with Crippen LogP contribution in [-0.2, 0) is 0 Å². The number of carbonyl (C=O) groups excluding carboxylic acids is 1. The molecule has 19 heavy (non-hydrogen) atoms. The monoisotopic (exact) mass is 264 g/mol. The summed E-state index contributed by atoms with van der Waals surface area (Å²) >= 11 is 0. The SMILES string of the molecule is CN(C)CCCN(C)C(=O)c1cccc(C(=O)O)c1. The summed E-state index contributed by atoms with van der Waals surface area (Å²) in [6.07, 6.45) is 0.883. The zero-order valence-electron chi connectivity index (χ0n) is 11.6. The average Bonchev–Trinajstić information content (AvgIpc) is 2.37. The Morgan fingerprint density at radius 2 is 1.74 bits per heavy atom. The van der Waals surface area contributed by atoms with Gasteiger partial charge in [0.1, 0.15) is 0 Å². The Bertz CT molecular complexity index is 458. The fourth-order valence-corrected chi connectivity index (χ4v) is 1.73. The van der Waals surface area contributed by atoms with Crippen LogP contribution in [0.1, 0.15) is 27.1 Å². The van der Waals surface area contributed by atoms with Crippen LogP contribution < -0.4 is 0 Å². The van der Waals surface area contributed by atoms with Crippen molar-refractivity contribution in [2.75, 3.05) is 34.2 Å². The van der Waals surface area contributed by atoms with Gasteiger partial charge in [-0.2, -0.15) is 0 Å². The van der Waals surface area contributed by atoms with Gasteiger partial charge in [-0.15, -0.1) is 0 Å². The maximum Gasteiger partial charge on any atom is 0.335 e. The molecule has 1 rings (SSSR count). The molecule has 1 aromatic carbocycles. The van der Waals surface area contributed by atoms with Gasteiger partial charge in [0.05, 0.1) is 5.56 Å². The number of aromatic carboxylic acids is 1. The molecule has 1 amide bonds. The molecular weight excluding hydrogens is 244 g/mol. The number of nitrogens with zero attached hydrogens (tertiary/aromatic N) is 2. The zero-order valence-corrected chi connectivity index (χ0v) is 11.6. The van der Waals surface area contributed by atoms with Crippen molar-refractivity contribution < 1.29 is 14.7 Å². The Morgan fingerprint density at radius 3 is 2.32 bits per heavy atom. The lowest BCUT2D eigenvalue weighted by Gasteiger charge is -2.18. The van der Waals surface area contributed by atoms with Crippen LogP contribution in [0.25, 0.3) is 0 Å². The van der Waals surface area contributed by atoms with Crippen molar-refractivity contribution in [3.8, 4) is 0 Å². The van der Waals surface area contributed by atoms with Gasteiger partial charge in [0.25, 0.3) is 5.91 Å². The third kappa shape index (κ3) is 4.71. The lowest BCUT2D eigenvalue weighted by molar-refractivity contribution is 0.0697. The molecule has 0 unspecified atom stereocenters. The highest BCUT2D eigenvalue weighted by molar-refractivity contribution is 5.97. The molecule has 5 heteroatoms. The minimum absolute atomic E-state index is 0.132. The summed E-state index contributed by atoms with van der Waals surface area (Å²) in [7, 11) is 5.70. The van der Waals surface area contributed by atoms with Crippen molar-refractivity contribution in [2.45, 2.75) is 6.42 Å². The second kappa shape index (κ2) is 6.89. The molecule has 0 aliphatic rings. The van der Waals surface area contributed by atoms with E-state index in [1.807, 2.05) is 14.1 Å². The number of benzene rings is 1. The molecule has 0 radical (unpaired) electrons. The lowest BCUT2D eigenvalue weighted by Crippen LogP contribution is -2.29. The molecule has 1 aromatic rings. The summed E-state index contributed by atoms with van der Waals surface area (Å²) in [6.45, 7) is 1.56. The van der Waals surface area contributed by atoms with Crippen LogP contribution in [0.5, 0.6) is 0 Å². The van der Waals surface area contributed by atoms with E-state index in [0.717, 1.165) is 13.0 Å². The Hall–Kier alpha value is -1.88. The van der Waals surface area contributed by atoms with Crippen LogP contribution >= 0.6 is 0 Å². The van der Waals surface area contributed by atoms with E-state index >= 15 is 0 Å². The molecule has 0 spiro atoms. The third-order valence-corrected chi connectivity index (χ3v) is 2.80. The Morgan fingerprint density at radius 1 is 1.11 bits per heavy atom. The Balaban J connectivity index is 2.66. The summed E-state index contributed by atoms with van der Waals surface area (Å²) in [4.78, 5) is 26.7. The molecule has 0 fully saturated rings. The highest BCUT2D eigenvalue weighted by Gasteiger charge is 2.13. The van der Waals surface area contributed by atoms with Gasteiger partial charge in [-0.1, -0.05) is 6.07 Å². The quantitative estimate of drug-likeness (QED) is 0.844. The van der Waals surface area contributed by atoms with Crippen molar-refractivity contribution in [1.82, 2.24) is 9.80 Å². The fourth-order valence-electron chi connectivity index (χ4n) is 1.73. The van der Waals surface area contributed by atoms with Crippen LogP contribution in [0.3, 0.4) is 0 Å². The summed E-state index contributed by atoms with van der Waals surface area (Å²) in [5.74, 6) is -1.17. The van der Waals surface area contributed by atoms with E-state index in [1.165, 1.54) is 12.1 Å². The predicted octanol–water partition coefficient (Wildman–Crippen LogP) is 1.41.